The maximum absolute atomic E-state index is 12.8. The largest absolute Gasteiger partial charge is 0.373 e. The number of ketones is 2. The number of carbonyl (C=O) groups is 2. The summed E-state index contributed by atoms with van der Waals surface area (Å²) < 4.78 is 5.79. The lowest BCUT2D eigenvalue weighted by Gasteiger charge is -2.16. The lowest BCUT2D eigenvalue weighted by molar-refractivity contribution is -0.127. The molecule has 0 N–H and O–H groups in total. The average Bonchev–Trinajstić information content (AvgIpc) is 3.16. The maximum atomic E-state index is 12.8. The SMILES string of the molecule is CCc1csc(C)c1C1C(=O)[C@@H]2[C@H](C1=O)[C@@H]1CC[C@H]2O1. The van der Waals surface area contributed by atoms with Gasteiger partial charge in [-0.1, -0.05) is 6.92 Å². The van der Waals surface area contributed by atoms with Crippen molar-refractivity contribution < 1.29 is 14.3 Å². The van der Waals surface area contributed by atoms with E-state index in [2.05, 4.69) is 12.3 Å². The average molecular weight is 290 g/mol. The summed E-state index contributed by atoms with van der Waals surface area (Å²) in [6.45, 7) is 4.11. The van der Waals surface area contributed by atoms with Gasteiger partial charge in [-0.2, -0.15) is 0 Å². The van der Waals surface area contributed by atoms with Gasteiger partial charge in [0.2, 0.25) is 0 Å². The summed E-state index contributed by atoms with van der Waals surface area (Å²) in [7, 11) is 0. The summed E-state index contributed by atoms with van der Waals surface area (Å²) in [6, 6.07) is 0. The Morgan fingerprint density at radius 1 is 1.20 bits per heavy atom. The second-order valence-corrected chi connectivity index (χ2v) is 7.25. The lowest BCUT2D eigenvalue weighted by atomic mass is 9.81. The summed E-state index contributed by atoms with van der Waals surface area (Å²) in [5.41, 5.74) is 2.19. The van der Waals surface area contributed by atoms with Gasteiger partial charge in [-0.25, -0.2) is 0 Å². The highest BCUT2D eigenvalue weighted by Gasteiger charge is 2.63. The molecule has 3 heterocycles. The minimum Gasteiger partial charge on any atom is -0.373 e. The molecule has 2 aliphatic heterocycles. The van der Waals surface area contributed by atoms with Crippen molar-refractivity contribution >= 4 is 22.9 Å². The molecular formula is C16H18O3S. The Kier molecular flexibility index (Phi) is 2.70. The van der Waals surface area contributed by atoms with Gasteiger partial charge in [-0.15, -0.1) is 11.3 Å². The number of ether oxygens (including phenoxy) is 1. The molecule has 106 valence electrons. The molecule has 0 aromatic carbocycles. The molecule has 2 bridgehead atoms. The van der Waals surface area contributed by atoms with Gasteiger partial charge in [-0.3, -0.25) is 9.59 Å². The second-order valence-electron chi connectivity index (χ2n) is 6.16. The highest BCUT2D eigenvalue weighted by atomic mass is 32.1. The van der Waals surface area contributed by atoms with Crippen molar-refractivity contribution in [2.45, 2.75) is 51.2 Å². The number of rotatable bonds is 2. The molecule has 4 rings (SSSR count). The first-order chi connectivity index (χ1) is 9.63. The fourth-order valence-corrected chi connectivity index (χ4v) is 5.37. The third-order valence-electron chi connectivity index (χ3n) is 5.27. The van der Waals surface area contributed by atoms with Gasteiger partial charge in [-0.05, 0) is 42.7 Å². The molecule has 5 atom stereocenters. The molecule has 1 unspecified atom stereocenters. The Morgan fingerprint density at radius 3 is 2.35 bits per heavy atom. The molecule has 4 heteroatoms. The van der Waals surface area contributed by atoms with Gasteiger partial charge in [0.15, 0.2) is 11.6 Å². The Hall–Kier alpha value is -1.00. The monoisotopic (exact) mass is 290 g/mol. The van der Waals surface area contributed by atoms with Crippen LogP contribution in [0, 0.1) is 18.8 Å². The second kappa shape index (κ2) is 4.25. The highest BCUT2D eigenvalue weighted by molar-refractivity contribution is 7.10. The van der Waals surface area contributed by atoms with Crippen molar-refractivity contribution in [1.29, 1.82) is 0 Å². The van der Waals surface area contributed by atoms with Gasteiger partial charge in [0.1, 0.15) is 5.92 Å². The molecule has 3 aliphatic rings. The van der Waals surface area contributed by atoms with Crippen molar-refractivity contribution in [3.05, 3.63) is 21.4 Å². The zero-order valence-corrected chi connectivity index (χ0v) is 12.5. The fraction of sp³-hybridized carbons (Fsp3) is 0.625. The summed E-state index contributed by atoms with van der Waals surface area (Å²) in [6.07, 6.45) is 2.79. The molecule has 2 saturated heterocycles. The first-order valence-corrected chi connectivity index (χ1v) is 8.31. The van der Waals surface area contributed by atoms with Crippen LogP contribution in [0.2, 0.25) is 0 Å². The van der Waals surface area contributed by atoms with E-state index in [1.165, 1.54) is 5.56 Å². The topological polar surface area (TPSA) is 43.4 Å². The van der Waals surface area contributed by atoms with Crippen LogP contribution in [-0.2, 0) is 20.7 Å². The van der Waals surface area contributed by atoms with Crippen LogP contribution in [0.3, 0.4) is 0 Å². The summed E-state index contributed by atoms with van der Waals surface area (Å²) >= 11 is 1.66. The van der Waals surface area contributed by atoms with Crippen LogP contribution in [0.4, 0.5) is 0 Å². The summed E-state index contributed by atoms with van der Waals surface area (Å²) in [5.74, 6) is -0.560. The number of fused-ring (bicyclic) bond motifs is 5. The standard InChI is InChI=1S/C16H18O3S/c1-3-8-6-20-7(2)11(8)14-15(17)12-9-4-5-10(19-9)13(12)16(14)18/h6,9-10,12-14H,3-5H2,1-2H3/t9-,10+,12+,13-,14?. The van der Waals surface area contributed by atoms with Crippen molar-refractivity contribution in [2.75, 3.05) is 0 Å². The maximum Gasteiger partial charge on any atom is 0.154 e. The normalized spacial score (nSPS) is 38.8. The first-order valence-electron chi connectivity index (χ1n) is 7.43. The van der Waals surface area contributed by atoms with Gasteiger partial charge in [0.25, 0.3) is 0 Å². The molecule has 3 fully saturated rings. The number of aryl methyl sites for hydroxylation is 2. The van der Waals surface area contributed by atoms with E-state index in [1.807, 2.05) is 6.92 Å². The molecule has 0 amide bonds. The predicted molar refractivity (Wildman–Crippen MR) is 76.1 cm³/mol. The van der Waals surface area contributed by atoms with E-state index in [-0.39, 0.29) is 35.6 Å². The smallest absolute Gasteiger partial charge is 0.154 e. The number of thiophene rings is 1. The number of hydrogen-bond acceptors (Lipinski definition) is 4. The molecule has 1 aliphatic carbocycles. The quantitative estimate of drug-likeness (QED) is 0.786. The third kappa shape index (κ3) is 1.44. The number of Topliss-reactive ketones (excluding diaryl/α,β-unsaturated/α-hetero) is 2. The van der Waals surface area contributed by atoms with Gasteiger partial charge < -0.3 is 4.74 Å². The van der Waals surface area contributed by atoms with Crippen molar-refractivity contribution in [1.82, 2.24) is 0 Å². The number of carbonyl (C=O) groups excluding carboxylic acids is 2. The zero-order valence-electron chi connectivity index (χ0n) is 11.7. The minimum atomic E-state index is -0.502. The van der Waals surface area contributed by atoms with Crippen LogP contribution in [0.5, 0.6) is 0 Å². The molecular weight excluding hydrogens is 272 g/mol. The van der Waals surface area contributed by atoms with Crippen LogP contribution >= 0.6 is 11.3 Å². The molecule has 0 spiro atoms. The Labute approximate surface area is 122 Å². The van der Waals surface area contributed by atoms with E-state index < -0.39 is 5.92 Å². The zero-order chi connectivity index (χ0) is 14.0. The van der Waals surface area contributed by atoms with E-state index in [4.69, 9.17) is 4.74 Å². The van der Waals surface area contributed by atoms with Crippen LogP contribution in [0.25, 0.3) is 0 Å². The van der Waals surface area contributed by atoms with Crippen LogP contribution in [0.1, 0.15) is 41.7 Å². The Balaban J connectivity index is 1.79. The molecule has 0 radical (unpaired) electrons. The van der Waals surface area contributed by atoms with E-state index >= 15 is 0 Å². The van der Waals surface area contributed by atoms with Crippen LogP contribution in [0.15, 0.2) is 5.38 Å². The first kappa shape index (κ1) is 12.7. The molecule has 20 heavy (non-hydrogen) atoms. The van der Waals surface area contributed by atoms with E-state index in [1.54, 1.807) is 11.3 Å². The lowest BCUT2D eigenvalue weighted by Crippen LogP contribution is -2.29. The van der Waals surface area contributed by atoms with Crippen LogP contribution in [-0.4, -0.2) is 23.8 Å². The van der Waals surface area contributed by atoms with E-state index in [0.717, 1.165) is 29.7 Å². The molecule has 1 saturated carbocycles. The predicted octanol–water partition coefficient (Wildman–Crippen LogP) is 2.65. The van der Waals surface area contributed by atoms with E-state index in [9.17, 15) is 9.59 Å². The molecule has 1 aromatic rings. The Bertz CT molecular complexity index is 575. The van der Waals surface area contributed by atoms with E-state index in [0.29, 0.717) is 0 Å². The summed E-state index contributed by atoms with van der Waals surface area (Å²) in [4.78, 5) is 26.7. The third-order valence-corrected chi connectivity index (χ3v) is 6.25. The van der Waals surface area contributed by atoms with Gasteiger partial charge >= 0.3 is 0 Å². The Morgan fingerprint density at radius 2 is 1.80 bits per heavy atom. The van der Waals surface area contributed by atoms with Crippen LogP contribution < -0.4 is 0 Å². The van der Waals surface area contributed by atoms with Gasteiger partial charge in [0.05, 0.1) is 24.0 Å². The number of hydrogen-bond donors (Lipinski definition) is 0. The molecule has 1 aromatic heterocycles. The highest BCUT2D eigenvalue weighted by Crippen LogP contribution is 2.53. The van der Waals surface area contributed by atoms with Crippen molar-refractivity contribution in [3.63, 3.8) is 0 Å². The van der Waals surface area contributed by atoms with Crippen molar-refractivity contribution in [3.8, 4) is 0 Å². The summed E-state index contributed by atoms with van der Waals surface area (Å²) in [5, 5.41) is 2.10. The minimum absolute atomic E-state index is 0.00969. The molecule has 3 nitrogen and oxygen atoms in total. The van der Waals surface area contributed by atoms with Gasteiger partial charge in [0, 0.05) is 4.88 Å². The van der Waals surface area contributed by atoms with Crippen molar-refractivity contribution in [2.24, 2.45) is 11.8 Å². The fourth-order valence-electron chi connectivity index (χ4n) is 4.39.